The minimum absolute atomic E-state index is 0.0965. The Bertz CT molecular complexity index is 184. The lowest BCUT2D eigenvalue weighted by molar-refractivity contribution is -0.144. The van der Waals surface area contributed by atoms with Crippen molar-refractivity contribution in [2.24, 2.45) is 5.92 Å². The highest BCUT2D eigenvalue weighted by Crippen LogP contribution is 2.32. The Morgan fingerprint density at radius 3 is 2.83 bits per heavy atom. The van der Waals surface area contributed by atoms with Crippen LogP contribution in [0.3, 0.4) is 0 Å². The molecular formula is C7H11F2NO2. The van der Waals surface area contributed by atoms with Crippen LogP contribution in [0.2, 0.25) is 0 Å². The van der Waals surface area contributed by atoms with E-state index in [1.165, 1.54) is 0 Å². The van der Waals surface area contributed by atoms with Gasteiger partial charge < -0.3 is 10.4 Å². The summed E-state index contributed by atoms with van der Waals surface area (Å²) >= 11 is 0. The molecule has 1 heterocycles. The fraction of sp³-hybridized carbons (Fsp3) is 0.857. The van der Waals surface area contributed by atoms with Gasteiger partial charge in [0.2, 0.25) is 0 Å². The smallest absolute Gasteiger partial charge is 0.303 e. The Hall–Kier alpha value is -0.710. The first-order chi connectivity index (χ1) is 5.52. The van der Waals surface area contributed by atoms with E-state index in [0.717, 1.165) is 0 Å². The SMILES string of the molecule is O=C(O)CC1CNCCC1(F)F. The van der Waals surface area contributed by atoms with E-state index in [9.17, 15) is 13.6 Å². The molecule has 1 aliphatic heterocycles. The number of hydrogen-bond donors (Lipinski definition) is 2. The molecule has 1 atom stereocenters. The van der Waals surface area contributed by atoms with Crippen LogP contribution < -0.4 is 5.32 Å². The van der Waals surface area contributed by atoms with E-state index in [1.807, 2.05) is 0 Å². The highest BCUT2D eigenvalue weighted by Gasteiger charge is 2.42. The molecule has 0 aliphatic carbocycles. The van der Waals surface area contributed by atoms with Gasteiger partial charge in [-0.2, -0.15) is 0 Å². The maximum Gasteiger partial charge on any atom is 0.303 e. The number of rotatable bonds is 2. The van der Waals surface area contributed by atoms with Gasteiger partial charge in [0.05, 0.1) is 6.42 Å². The second-order valence-electron chi connectivity index (χ2n) is 3.01. The normalized spacial score (nSPS) is 28.3. The molecule has 3 nitrogen and oxygen atoms in total. The zero-order valence-electron chi connectivity index (χ0n) is 6.52. The Morgan fingerprint density at radius 2 is 2.33 bits per heavy atom. The van der Waals surface area contributed by atoms with Crippen molar-refractivity contribution in [3.8, 4) is 0 Å². The third-order valence-electron chi connectivity index (χ3n) is 2.04. The highest BCUT2D eigenvalue weighted by molar-refractivity contribution is 5.67. The molecule has 0 aromatic rings. The first-order valence-corrected chi connectivity index (χ1v) is 3.83. The maximum absolute atomic E-state index is 12.9. The molecule has 0 radical (unpaired) electrons. The summed E-state index contributed by atoms with van der Waals surface area (Å²) in [5.74, 6) is -5.03. The van der Waals surface area contributed by atoms with Gasteiger partial charge in [0.15, 0.2) is 0 Å². The summed E-state index contributed by atoms with van der Waals surface area (Å²) in [6, 6.07) is 0. The van der Waals surface area contributed by atoms with Gasteiger partial charge in [-0.05, 0) is 0 Å². The van der Waals surface area contributed by atoms with Crippen LogP contribution in [0.15, 0.2) is 0 Å². The Kier molecular flexibility index (Phi) is 2.62. The third-order valence-corrected chi connectivity index (χ3v) is 2.04. The maximum atomic E-state index is 12.9. The van der Waals surface area contributed by atoms with Gasteiger partial charge in [0.25, 0.3) is 5.92 Å². The van der Waals surface area contributed by atoms with E-state index >= 15 is 0 Å². The van der Waals surface area contributed by atoms with Crippen LogP contribution in [0.25, 0.3) is 0 Å². The molecule has 1 saturated heterocycles. The molecule has 70 valence electrons. The van der Waals surface area contributed by atoms with Crippen molar-refractivity contribution in [2.45, 2.75) is 18.8 Å². The standard InChI is InChI=1S/C7H11F2NO2/c8-7(9)1-2-10-4-5(7)3-6(11)12/h5,10H,1-4H2,(H,11,12). The van der Waals surface area contributed by atoms with Crippen molar-refractivity contribution in [2.75, 3.05) is 13.1 Å². The molecule has 5 heteroatoms. The quantitative estimate of drug-likeness (QED) is 0.656. The number of carboxylic acids is 1. The minimum atomic E-state index is -2.82. The molecule has 12 heavy (non-hydrogen) atoms. The van der Waals surface area contributed by atoms with Gasteiger partial charge >= 0.3 is 5.97 Å². The molecule has 1 rings (SSSR count). The molecule has 2 N–H and O–H groups in total. The van der Waals surface area contributed by atoms with Crippen molar-refractivity contribution in [3.05, 3.63) is 0 Å². The molecule has 1 unspecified atom stereocenters. The summed E-state index contributed by atoms with van der Waals surface area (Å²) in [4.78, 5) is 10.2. The van der Waals surface area contributed by atoms with Crippen LogP contribution in [-0.4, -0.2) is 30.1 Å². The average Bonchev–Trinajstić information content (AvgIpc) is 1.92. The number of aliphatic carboxylic acids is 1. The second-order valence-corrected chi connectivity index (χ2v) is 3.01. The van der Waals surface area contributed by atoms with Crippen molar-refractivity contribution < 1.29 is 18.7 Å². The summed E-state index contributed by atoms with van der Waals surface area (Å²) in [7, 11) is 0. The number of piperidine rings is 1. The van der Waals surface area contributed by atoms with Crippen LogP contribution in [0.1, 0.15) is 12.8 Å². The topological polar surface area (TPSA) is 49.3 Å². The molecule has 0 aromatic heterocycles. The minimum Gasteiger partial charge on any atom is -0.481 e. The zero-order valence-corrected chi connectivity index (χ0v) is 6.52. The van der Waals surface area contributed by atoms with Gasteiger partial charge in [-0.3, -0.25) is 4.79 Å². The number of hydrogen-bond acceptors (Lipinski definition) is 2. The van der Waals surface area contributed by atoms with E-state index in [0.29, 0.717) is 0 Å². The van der Waals surface area contributed by atoms with Crippen LogP contribution in [-0.2, 0) is 4.79 Å². The number of carboxylic acid groups (broad SMARTS) is 1. The first kappa shape index (κ1) is 9.38. The lowest BCUT2D eigenvalue weighted by Crippen LogP contribution is -2.45. The van der Waals surface area contributed by atoms with Gasteiger partial charge in [0, 0.05) is 25.4 Å². The second kappa shape index (κ2) is 3.35. The van der Waals surface area contributed by atoms with Crippen LogP contribution in [0.4, 0.5) is 8.78 Å². The Balaban J connectivity index is 2.54. The molecule has 1 aliphatic rings. The summed E-state index contributed by atoms with van der Waals surface area (Å²) in [6.45, 7) is 0.364. The molecular weight excluding hydrogens is 168 g/mol. The van der Waals surface area contributed by atoms with Gasteiger partial charge in [0.1, 0.15) is 0 Å². The molecule has 0 saturated carbocycles. The molecule has 0 amide bonds. The van der Waals surface area contributed by atoms with Gasteiger partial charge in [-0.25, -0.2) is 8.78 Å². The summed E-state index contributed by atoms with van der Waals surface area (Å²) in [5, 5.41) is 11.1. The van der Waals surface area contributed by atoms with E-state index in [4.69, 9.17) is 5.11 Å². The fourth-order valence-electron chi connectivity index (χ4n) is 1.32. The van der Waals surface area contributed by atoms with Gasteiger partial charge in [-0.1, -0.05) is 0 Å². The van der Waals surface area contributed by atoms with Crippen molar-refractivity contribution >= 4 is 5.97 Å². The van der Waals surface area contributed by atoms with E-state index in [-0.39, 0.29) is 19.5 Å². The van der Waals surface area contributed by atoms with E-state index in [2.05, 4.69) is 5.32 Å². The highest BCUT2D eigenvalue weighted by atomic mass is 19.3. The Morgan fingerprint density at radius 1 is 1.67 bits per heavy atom. The zero-order chi connectivity index (χ0) is 9.19. The third kappa shape index (κ3) is 2.14. The number of nitrogens with one attached hydrogen (secondary N) is 1. The average molecular weight is 179 g/mol. The fourth-order valence-corrected chi connectivity index (χ4v) is 1.32. The van der Waals surface area contributed by atoms with Crippen LogP contribution in [0, 0.1) is 5.92 Å². The van der Waals surface area contributed by atoms with E-state index < -0.39 is 24.2 Å². The predicted molar refractivity (Wildman–Crippen MR) is 38.2 cm³/mol. The summed E-state index contributed by atoms with van der Waals surface area (Å²) < 4.78 is 25.9. The number of halogens is 2. The van der Waals surface area contributed by atoms with Crippen LogP contribution in [0.5, 0.6) is 0 Å². The van der Waals surface area contributed by atoms with Gasteiger partial charge in [-0.15, -0.1) is 0 Å². The van der Waals surface area contributed by atoms with Crippen molar-refractivity contribution in [3.63, 3.8) is 0 Å². The Labute approximate surface area is 68.8 Å². The molecule has 0 spiro atoms. The lowest BCUT2D eigenvalue weighted by atomic mass is 9.92. The molecule has 0 bridgehead atoms. The summed E-state index contributed by atoms with van der Waals surface area (Å²) in [6.07, 6.45) is -0.717. The largest absolute Gasteiger partial charge is 0.481 e. The summed E-state index contributed by atoms with van der Waals surface area (Å²) in [5.41, 5.74) is 0. The van der Waals surface area contributed by atoms with Crippen molar-refractivity contribution in [1.82, 2.24) is 5.32 Å². The number of alkyl halides is 2. The first-order valence-electron chi connectivity index (χ1n) is 3.83. The lowest BCUT2D eigenvalue weighted by Gasteiger charge is -2.30. The van der Waals surface area contributed by atoms with E-state index in [1.54, 1.807) is 0 Å². The van der Waals surface area contributed by atoms with Crippen LogP contribution >= 0.6 is 0 Å². The monoisotopic (exact) mass is 179 g/mol. The molecule has 1 fully saturated rings. The predicted octanol–water partition coefficient (Wildman–Crippen LogP) is 0.706. The van der Waals surface area contributed by atoms with Crippen molar-refractivity contribution in [1.29, 1.82) is 0 Å². The molecule has 0 aromatic carbocycles. The number of carbonyl (C=O) groups is 1.